The second-order valence-corrected chi connectivity index (χ2v) is 5.42. The van der Waals surface area contributed by atoms with E-state index in [1.807, 2.05) is 0 Å². The van der Waals surface area contributed by atoms with E-state index in [9.17, 15) is 14.7 Å². The van der Waals surface area contributed by atoms with Crippen LogP contribution in [-0.2, 0) is 9.53 Å². The number of phenolic OH excluding ortho intramolecular Hbond substituents is 1. The number of halogens is 1. The van der Waals surface area contributed by atoms with Crippen LogP contribution < -0.4 is 5.32 Å². The van der Waals surface area contributed by atoms with E-state index in [-0.39, 0.29) is 29.6 Å². The van der Waals surface area contributed by atoms with Crippen molar-refractivity contribution in [3.05, 3.63) is 23.8 Å². The van der Waals surface area contributed by atoms with Crippen LogP contribution in [0.3, 0.4) is 0 Å². The van der Waals surface area contributed by atoms with Gasteiger partial charge in [-0.25, -0.2) is 4.79 Å². The number of carbonyl (C=O) groups is 2. The number of aromatic hydroxyl groups is 1. The van der Waals surface area contributed by atoms with Gasteiger partial charge in [-0.3, -0.25) is 4.79 Å². The number of hydrogen-bond donors (Lipinski definition) is 2. The second kappa shape index (κ2) is 9.37. The summed E-state index contributed by atoms with van der Waals surface area (Å²) in [5.41, 5.74) is 0.544. The van der Waals surface area contributed by atoms with Gasteiger partial charge in [-0.05, 0) is 38.1 Å². The van der Waals surface area contributed by atoms with Crippen molar-refractivity contribution in [2.45, 2.75) is 25.7 Å². The van der Waals surface area contributed by atoms with Gasteiger partial charge in [-0.1, -0.05) is 6.42 Å². The lowest BCUT2D eigenvalue weighted by molar-refractivity contribution is -0.116. The number of rotatable bonds is 5. The van der Waals surface area contributed by atoms with Crippen LogP contribution in [0.25, 0.3) is 0 Å². The third kappa shape index (κ3) is 5.73. The minimum absolute atomic E-state index is 0. The van der Waals surface area contributed by atoms with E-state index in [4.69, 9.17) is 0 Å². The smallest absolute Gasteiger partial charge is 0.341 e. The fourth-order valence-corrected chi connectivity index (χ4v) is 2.56. The van der Waals surface area contributed by atoms with Crippen LogP contribution in [0, 0.1) is 0 Å². The van der Waals surface area contributed by atoms with Crippen molar-refractivity contribution >= 4 is 30.0 Å². The molecule has 2 rings (SSSR count). The molecule has 0 radical (unpaired) electrons. The minimum Gasteiger partial charge on any atom is -0.507 e. The van der Waals surface area contributed by atoms with E-state index in [1.165, 1.54) is 38.5 Å². The number of anilines is 1. The molecule has 1 aliphatic heterocycles. The van der Waals surface area contributed by atoms with Crippen molar-refractivity contribution < 1.29 is 19.4 Å². The summed E-state index contributed by atoms with van der Waals surface area (Å²) in [4.78, 5) is 25.6. The fourth-order valence-electron chi connectivity index (χ4n) is 2.56. The zero-order valence-electron chi connectivity index (χ0n) is 13.2. The number of amides is 1. The molecule has 1 aromatic carbocycles. The number of phenols is 1. The average Bonchev–Trinajstić information content (AvgIpc) is 2.53. The maximum atomic E-state index is 11.9. The Hall–Kier alpha value is -1.79. The Morgan fingerprint density at radius 3 is 2.57 bits per heavy atom. The van der Waals surface area contributed by atoms with E-state index in [0.717, 1.165) is 19.6 Å². The highest BCUT2D eigenvalue weighted by Gasteiger charge is 2.14. The maximum absolute atomic E-state index is 11.9. The lowest BCUT2D eigenvalue weighted by Gasteiger charge is -2.25. The van der Waals surface area contributed by atoms with E-state index >= 15 is 0 Å². The van der Waals surface area contributed by atoms with E-state index in [1.54, 1.807) is 6.07 Å². The number of likely N-dealkylation sites (tertiary alicyclic amines) is 1. The first-order valence-electron chi connectivity index (χ1n) is 7.53. The molecule has 7 heteroatoms. The molecular weight excluding hydrogens is 320 g/mol. The molecule has 0 bridgehead atoms. The quantitative estimate of drug-likeness (QED) is 0.803. The molecule has 0 spiro atoms. The van der Waals surface area contributed by atoms with Crippen molar-refractivity contribution in [1.29, 1.82) is 0 Å². The SMILES string of the molecule is COC(=O)c1ccc(NC(=O)CCN2CCCCC2)cc1O.Cl. The van der Waals surface area contributed by atoms with Crippen molar-refractivity contribution in [2.75, 3.05) is 32.1 Å². The molecule has 6 nitrogen and oxygen atoms in total. The fraction of sp³-hybridized carbons (Fsp3) is 0.500. The molecule has 0 unspecified atom stereocenters. The van der Waals surface area contributed by atoms with Crippen molar-refractivity contribution in [2.24, 2.45) is 0 Å². The monoisotopic (exact) mass is 342 g/mol. The molecule has 1 aliphatic rings. The second-order valence-electron chi connectivity index (χ2n) is 5.42. The van der Waals surface area contributed by atoms with Crippen LogP contribution >= 0.6 is 12.4 Å². The molecule has 0 aromatic heterocycles. The van der Waals surface area contributed by atoms with Crippen LogP contribution in [0.4, 0.5) is 5.69 Å². The highest BCUT2D eigenvalue weighted by Crippen LogP contribution is 2.22. The van der Waals surface area contributed by atoms with Gasteiger partial charge in [0, 0.05) is 24.7 Å². The topological polar surface area (TPSA) is 78.9 Å². The number of methoxy groups -OCH3 is 1. The minimum atomic E-state index is -0.611. The van der Waals surface area contributed by atoms with Gasteiger partial charge < -0.3 is 20.1 Å². The van der Waals surface area contributed by atoms with Crippen LogP contribution in [0.1, 0.15) is 36.0 Å². The summed E-state index contributed by atoms with van der Waals surface area (Å²) in [7, 11) is 1.25. The van der Waals surface area contributed by atoms with Gasteiger partial charge in [0.15, 0.2) is 0 Å². The van der Waals surface area contributed by atoms with E-state index in [2.05, 4.69) is 15.0 Å². The van der Waals surface area contributed by atoms with Crippen LogP contribution in [0.2, 0.25) is 0 Å². The molecule has 128 valence electrons. The Kier molecular flexibility index (Phi) is 7.85. The number of carbonyl (C=O) groups excluding carboxylic acids is 2. The van der Waals surface area contributed by atoms with Gasteiger partial charge in [0.25, 0.3) is 0 Å². The van der Waals surface area contributed by atoms with Crippen molar-refractivity contribution in [3.63, 3.8) is 0 Å². The molecule has 0 atom stereocenters. The molecule has 1 fully saturated rings. The molecular formula is C16H23ClN2O4. The standard InChI is InChI=1S/C16H22N2O4.ClH/c1-22-16(21)13-6-5-12(11-14(13)19)17-15(20)7-10-18-8-3-2-4-9-18;/h5-6,11,19H,2-4,7-10H2,1H3,(H,17,20);1H. The van der Waals surface area contributed by atoms with E-state index in [0.29, 0.717) is 12.1 Å². The maximum Gasteiger partial charge on any atom is 0.341 e. The summed E-state index contributed by atoms with van der Waals surface area (Å²) >= 11 is 0. The number of nitrogens with one attached hydrogen (secondary N) is 1. The molecule has 1 heterocycles. The molecule has 0 saturated carbocycles. The number of hydrogen-bond acceptors (Lipinski definition) is 5. The lowest BCUT2D eigenvalue weighted by atomic mass is 10.1. The number of nitrogens with zero attached hydrogens (tertiary/aromatic N) is 1. The van der Waals surface area contributed by atoms with E-state index < -0.39 is 5.97 Å². The zero-order valence-corrected chi connectivity index (χ0v) is 14.0. The van der Waals surface area contributed by atoms with Crippen molar-refractivity contribution in [3.8, 4) is 5.75 Å². The summed E-state index contributed by atoms with van der Waals surface area (Å²) in [6.07, 6.45) is 4.09. The molecule has 23 heavy (non-hydrogen) atoms. The molecule has 0 aliphatic carbocycles. The van der Waals surface area contributed by atoms with Gasteiger partial charge in [-0.2, -0.15) is 0 Å². The first kappa shape index (κ1) is 19.3. The Labute approximate surface area is 142 Å². The van der Waals surface area contributed by atoms with Crippen LogP contribution in [-0.4, -0.2) is 48.6 Å². The Morgan fingerprint density at radius 2 is 1.96 bits per heavy atom. The molecule has 2 N–H and O–H groups in total. The predicted octanol–water partition coefficient (Wildman–Crippen LogP) is 2.42. The molecule has 1 aromatic rings. The van der Waals surface area contributed by atoms with Gasteiger partial charge >= 0.3 is 5.97 Å². The van der Waals surface area contributed by atoms with Gasteiger partial charge in [0.1, 0.15) is 11.3 Å². The lowest BCUT2D eigenvalue weighted by Crippen LogP contribution is -2.32. The number of benzene rings is 1. The first-order valence-corrected chi connectivity index (χ1v) is 7.53. The summed E-state index contributed by atoms with van der Waals surface area (Å²) in [6, 6.07) is 4.36. The highest BCUT2D eigenvalue weighted by atomic mass is 35.5. The van der Waals surface area contributed by atoms with Crippen LogP contribution in [0.15, 0.2) is 18.2 Å². The molecule has 1 amide bonds. The Bertz CT molecular complexity index is 545. The van der Waals surface area contributed by atoms with Crippen LogP contribution in [0.5, 0.6) is 5.75 Å². The number of piperidine rings is 1. The zero-order chi connectivity index (χ0) is 15.9. The Morgan fingerprint density at radius 1 is 1.26 bits per heavy atom. The largest absolute Gasteiger partial charge is 0.507 e. The van der Waals surface area contributed by atoms with Gasteiger partial charge in [0.05, 0.1) is 7.11 Å². The molecule has 1 saturated heterocycles. The predicted molar refractivity (Wildman–Crippen MR) is 90.2 cm³/mol. The normalized spacial score (nSPS) is 14.7. The van der Waals surface area contributed by atoms with Crippen molar-refractivity contribution in [1.82, 2.24) is 4.90 Å². The summed E-state index contributed by atoms with van der Waals surface area (Å²) in [5, 5.41) is 12.5. The summed E-state index contributed by atoms with van der Waals surface area (Å²) in [5.74, 6) is -0.919. The highest BCUT2D eigenvalue weighted by molar-refractivity contribution is 5.95. The van der Waals surface area contributed by atoms with Gasteiger partial charge in [0.2, 0.25) is 5.91 Å². The Balaban J connectivity index is 0.00000264. The third-order valence-corrected chi connectivity index (χ3v) is 3.79. The third-order valence-electron chi connectivity index (χ3n) is 3.79. The van der Waals surface area contributed by atoms with Gasteiger partial charge in [-0.15, -0.1) is 12.4 Å². The summed E-state index contributed by atoms with van der Waals surface area (Å²) in [6.45, 7) is 2.86. The summed E-state index contributed by atoms with van der Waals surface area (Å²) < 4.78 is 4.55. The average molecular weight is 343 g/mol. The number of esters is 1. The number of ether oxygens (including phenoxy) is 1. The first-order chi connectivity index (χ1) is 10.6.